The monoisotopic (exact) mass is 458 g/mol. The number of aryl methyl sites for hydroxylation is 2. The molecule has 0 saturated carbocycles. The molecule has 0 unspecified atom stereocenters. The molecule has 0 aliphatic rings. The topological polar surface area (TPSA) is 102 Å². The Morgan fingerprint density at radius 2 is 1.76 bits per heavy atom. The van der Waals surface area contributed by atoms with E-state index in [1.165, 1.54) is 5.56 Å². The Morgan fingerprint density at radius 1 is 0.970 bits per heavy atom. The number of halogens is 1. The van der Waals surface area contributed by atoms with Gasteiger partial charge in [0, 0.05) is 17.0 Å². The highest BCUT2D eigenvalue weighted by atomic mass is 35.5. The molecule has 0 amide bonds. The predicted octanol–water partition coefficient (Wildman–Crippen LogP) is 5.58. The van der Waals surface area contributed by atoms with Gasteiger partial charge < -0.3 is 4.42 Å². The highest BCUT2D eigenvalue weighted by molar-refractivity contribution is 6.31. The molecule has 1 N–H and O–H groups in total. The number of fused-ring (bicyclic) bond motifs is 1. The first-order valence-electron chi connectivity index (χ1n) is 10.3. The molecule has 0 spiro atoms. The third kappa shape index (κ3) is 4.61. The van der Waals surface area contributed by atoms with Crippen molar-refractivity contribution in [2.45, 2.75) is 20.3 Å². The van der Waals surface area contributed by atoms with Gasteiger partial charge in [-0.25, -0.2) is 14.6 Å². The fourth-order valence-corrected chi connectivity index (χ4v) is 3.44. The summed E-state index contributed by atoms with van der Waals surface area (Å²) in [6, 6.07) is 17.7. The van der Waals surface area contributed by atoms with Gasteiger partial charge >= 0.3 is 0 Å². The van der Waals surface area contributed by atoms with Crippen molar-refractivity contribution in [3.8, 4) is 11.3 Å². The maximum Gasteiger partial charge on any atom is 0.245 e. The van der Waals surface area contributed by atoms with Gasteiger partial charge in [-0.2, -0.15) is 5.10 Å². The Bertz CT molecular complexity index is 1460. The van der Waals surface area contributed by atoms with Crippen LogP contribution in [0.25, 0.3) is 22.6 Å². The summed E-state index contributed by atoms with van der Waals surface area (Å²) in [6.45, 7) is 4.01. The van der Waals surface area contributed by atoms with E-state index in [0.717, 1.165) is 16.7 Å². The van der Waals surface area contributed by atoms with Crippen molar-refractivity contribution in [1.82, 2.24) is 20.3 Å². The second-order valence-electron chi connectivity index (χ2n) is 7.63. The molecule has 0 aliphatic carbocycles. The molecule has 8 nitrogen and oxygen atoms in total. The smallest absolute Gasteiger partial charge is 0.245 e. The maximum atomic E-state index is 6.23. The van der Waals surface area contributed by atoms with E-state index in [-0.39, 0.29) is 0 Å². The molecular formula is C24H19ClN6O2. The Balaban J connectivity index is 1.37. The van der Waals surface area contributed by atoms with Crippen molar-refractivity contribution < 1.29 is 9.05 Å². The fourth-order valence-electron chi connectivity index (χ4n) is 3.26. The first-order chi connectivity index (χ1) is 16.0. The average molecular weight is 459 g/mol. The normalized spacial score (nSPS) is 11.5. The van der Waals surface area contributed by atoms with Gasteiger partial charge in [0.1, 0.15) is 11.5 Å². The molecule has 0 atom stereocenters. The van der Waals surface area contributed by atoms with Crippen LogP contribution in [0.15, 0.2) is 68.7 Å². The highest BCUT2D eigenvalue weighted by Crippen LogP contribution is 2.26. The summed E-state index contributed by atoms with van der Waals surface area (Å²) >= 11 is 6.23. The third-order valence-corrected chi connectivity index (χ3v) is 5.53. The predicted molar refractivity (Wildman–Crippen MR) is 126 cm³/mol. The van der Waals surface area contributed by atoms with Crippen LogP contribution in [0.1, 0.15) is 28.1 Å². The van der Waals surface area contributed by atoms with E-state index in [4.69, 9.17) is 20.6 Å². The SMILES string of the molecule is Cc1ccc(Cc2nc3nonc3nc2N/N=C/c2ccc(-c3ccc(C)c(Cl)c3)o2)cc1. The first kappa shape index (κ1) is 20.8. The standard InChI is InChI=1S/C24H19ClN6O2/c1-14-3-6-16(7-4-14)11-20-22(28-24-23(27-20)30-33-31-24)29-26-13-18-9-10-21(32-18)17-8-5-15(2)19(25)12-17/h3-10,12-13H,11H2,1-2H3,(H,28,29,31)/b26-13+. The number of nitrogens with one attached hydrogen (secondary N) is 1. The number of hydrogen-bond acceptors (Lipinski definition) is 8. The summed E-state index contributed by atoms with van der Waals surface area (Å²) < 4.78 is 10.6. The van der Waals surface area contributed by atoms with Crippen LogP contribution in [0, 0.1) is 13.8 Å². The summed E-state index contributed by atoms with van der Waals surface area (Å²) in [5.41, 5.74) is 8.46. The molecule has 2 aromatic carbocycles. The molecule has 164 valence electrons. The van der Waals surface area contributed by atoms with E-state index in [1.54, 1.807) is 6.21 Å². The van der Waals surface area contributed by atoms with Gasteiger partial charge in [0.2, 0.25) is 11.3 Å². The second-order valence-corrected chi connectivity index (χ2v) is 8.04. The lowest BCUT2D eigenvalue weighted by Crippen LogP contribution is -2.03. The molecule has 0 bridgehead atoms. The van der Waals surface area contributed by atoms with E-state index in [0.29, 0.717) is 45.8 Å². The van der Waals surface area contributed by atoms with Gasteiger partial charge in [0.05, 0.1) is 11.9 Å². The second kappa shape index (κ2) is 8.84. The van der Waals surface area contributed by atoms with Crippen molar-refractivity contribution in [3.63, 3.8) is 0 Å². The fraction of sp³-hybridized carbons (Fsp3) is 0.125. The third-order valence-electron chi connectivity index (χ3n) is 5.12. The van der Waals surface area contributed by atoms with Gasteiger partial charge in [-0.3, -0.25) is 5.43 Å². The lowest BCUT2D eigenvalue weighted by molar-refractivity contribution is 0.314. The molecule has 0 radical (unpaired) electrons. The number of anilines is 1. The van der Waals surface area contributed by atoms with E-state index in [2.05, 4.69) is 55.1 Å². The lowest BCUT2D eigenvalue weighted by atomic mass is 10.1. The van der Waals surface area contributed by atoms with Crippen LogP contribution >= 0.6 is 11.6 Å². The van der Waals surface area contributed by atoms with E-state index in [9.17, 15) is 0 Å². The number of benzene rings is 2. The minimum atomic E-state index is 0.303. The zero-order valence-electron chi connectivity index (χ0n) is 17.9. The number of hydrazone groups is 1. The van der Waals surface area contributed by atoms with Crippen LogP contribution in [0.3, 0.4) is 0 Å². The van der Waals surface area contributed by atoms with Crippen LogP contribution in [0.2, 0.25) is 5.02 Å². The van der Waals surface area contributed by atoms with Gasteiger partial charge in [-0.05, 0) is 53.5 Å². The minimum Gasteiger partial charge on any atom is -0.455 e. The van der Waals surface area contributed by atoms with Crippen molar-refractivity contribution in [1.29, 1.82) is 0 Å². The summed E-state index contributed by atoms with van der Waals surface area (Å²) in [5, 5.41) is 12.5. The molecule has 5 aromatic rings. The van der Waals surface area contributed by atoms with Gasteiger partial charge in [-0.15, -0.1) is 0 Å². The molecule has 0 saturated heterocycles. The molecular weight excluding hydrogens is 440 g/mol. The molecule has 33 heavy (non-hydrogen) atoms. The van der Waals surface area contributed by atoms with Gasteiger partial charge in [-0.1, -0.05) is 53.6 Å². The van der Waals surface area contributed by atoms with Gasteiger partial charge in [0.15, 0.2) is 5.82 Å². The van der Waals surface area contributed by atoms with Crippen molar-refractivity contribution in [2.24, 2.45) is 5.10 Å². The summed E-state index contributed by atoms with van der Waals surface area (Å²) in [7, 11) is 0. The van der Waals surface area contributed by atoms with E-state index < -0.39 is 0 Å². The zero-order chi connectivity index (χ0) is 22.8. The zero-order valence-corrected chi connectivity index (χ0v) is 18.7. The number of rotatable bonds is 6. The van der Waals surface area contributed by atoms with Crippen molar-refractivity contribution >= 4 is 34.9 Å². The van der Waals surface area contributed by atoms with E-state index >= 15 is 0 Å². The highest BCUT2D eigenvalue weighted by Gasteiger charge is 2.13. The minimum absolute atomic E-state index is 0.303. The molecule has 3 aromatic heterocycles. The van der Waals surface area contributed by atoms with Gasteiger partial charge in [0.25, 0.3) is 0 Å². The summed E-state index contributed by atoms with van der Waals surface area (Å²) in [6.07, 6.45) is 2.12. The molecule has 0 aliphatic heterocycles. The maximum absolute atomic E-state index is 6.23. The Labute approximate surface area is 194 Å². The Kier molecular flexibility index (Phi) is 5.58. The van der Waals surface area contributed by atoms with Crippen LogP contribution in [0.4, 0.5) is 5.82 Å². The molecule has 0 fully saturated rings. The van der Waals surface area contributed by atoms with E-state index in [1.807, 2.05) is 44.2 Å². The average Bonchev–Trinajstić information content (AvgIpc) is 3.46. The van der Waals surface area contributed by atoms with Crippen LogP contribution in [-0.2, 0) is 6.42 Å². The molecule has 5 rings (SSSR count). The number of hydrogen-bond donors (Lipinski definition) is 1. The van der Waals surface area contributed by atoms with Crippen molar-refractivity contribution in [3.05, 3.63) is 87.8 Å². The molecule has 9 heteroatoms. The molecule has 3 heterocycles. The first-order valence-corrected chi connectivity index (χ1v) is 10.6. The van der Waals surface area contributed by atoms with Crippen LogP contribution in [-0.4, -0.2) is 26.5 Å². The Hall–Kier alpha value is -4.04. The number of furan rings is 1. The number of nitrogens with zero attached hydrogens (tertiary/aromatic N) is 5. The Morgan fingerprint density at radius 3 is 2.55 bits per heavy atom. The van der Waals surface area contributed by atoms with Crippen LogP contribution < -0.4 is 5.43 Å². The van der Waals surface area contributed by atoms with Crippen molar-refractivity contribution in [2.75, 3.05) is 5.43 Å². The summed E-state index contributed by atoms with van der Waals surface area (Å²) in [4.78, 5) is 8.99. The lowest BCUT2D eigenvalue weighted by Gasteiger charge is -2.07. The number of aromatic nitrogens is 4. The quantitative estimate of drug-likeness (QED) is 0.261. The summed E-state index contributed by atoms with van der Waals surface area (Å²) in [5.74, 6) is 1.74. The largest absolute Gasteiger partial charge is 0.455 e. The van der Waals surface area contributed by atoms with Crippen LogP contribution in [0.5, 0.6) is 0 Å².